The number of hydrogen-bond donors (Lipinski definition) is 1. The highest BCUT2D eigenvalue weighted by Crippen LogP contribution is 2.28. The normalized spacial score (nSPS) is 34.3. The van der Waals surface area contributed by atoms with Crippen LogP contribution >= 0.6 is 0 Å². The van der Waals surface area contributed by atoms with Gasteiger partial charge in [0.15, 0.2) is 6.10 Å². The standard InChI is InChI=1S/C13H23NO3/c1-2-10-4-3-5-11(8-10)17-13(15)12-9-14-6-7-16-12/h10-12,14H,2-9H2,1H3. The Balaban J connectivity index is 1.77. The van der Waals surface area contributed by atoms with Crippen LogP contribution < -0.4 is 5.32 Å². The molecule has 0 aromatic carbocycles. The third-order valence-corrected chi connectivity index (χ3v) is 3.79. The van der Waals surface area contributed by atoms with Gasteiger partial charge in [0.2, 0.25) is 0 Å². The van der Waals surface area contributed by atoms with Gasteiger partial charge in [-0.15, -0.1) is 0 Å². The molecule has 0 radical (unpaired) electrons. The summed E-state index contributed by atoms with van der Waals surface area (Å²) in [5.74, 6) is 0.547. The van der Waals surface area contributed by atoms with Crippen molar-refractivity contribution in [2.75, 3.05) is 19.7 Å². The third-order valence-electron chi connectivity index (χ3n) is 3.79. The fourth-order valence-electron chi connectivity index (χ4n) is 2.68. The molecular weight excluding hydrogens is 218 g/mol. The van der Waals surface area contributed by atoms with E-state index in [4.69, 9.17) is 9.47 Å². The van der Waals surface area contributed by atoms with Crippen LogP contribution in [0.5, 0.6) is 0 Å². The maximum absolute atomic E-state index is 11.9. The Labute approximate surface area is 103 Å². The molecule has 0 bridgehead atoms. The minimum absolute atomic E-state index is 0.117. The van der Waals surface area contributed by atoms with Crippen molar-refractivity contribution >= 4 is 5.97 Å². The second kappa shape index (κ2) is 6.36. The van der Waals surface area contributed by atoms with E-state index in [9.17, 15) is 4.79 Å². The summed E-state index contributed by atoms with van der Waals surface area (Å²) in [5, 5.41) is 3.15. The van der Waals surface area contributed by atoms with Gasteiger partial charge < -0.3 is 14.8 Å². The maximum Gasteiger partial charge on any atom is 0.336 e. The van der Waals surface area contributed by atoms with E-state index in [1.165, 1.54) is 19.3 Å². The van der Waals surface area contributed by atoms with Gasteiger partial charge in [-0.1, -0.05) is 19.8 Å². The van der Waals surface area contributed by atoms with E-state index in [1.807, 2.05) is 0 Å². The highest BCUT2D eigenvalue weighted by molar-refractivity contribution is 5.75. The number of carbonyl (C=O) groups excluding carboxylic acids is 1. The van der Waals surface area contributed by atoms with Crippen molar-refractivity contribution in [2.45, 2.75) is 51.2 Å². The zero-order chi connectivity index (χ0) is 12.1. The molecule has 4 nitrogen and oxygen atoms in total. The number of ether oxygens (including phenoxy) is 2. The van der Waals surface area contributed by atoms with Crippen LogP contribution in [0.2, 0.25) is 0 Å². The van der Waals surface area contributed by atoms with Crippen molar-refractivity contribution < 1.29 is 14.3 Å². The first-order valence-electron chi connectivity index (χ1n) is 6.82. The molecule has 2 aliphatic rings. The van der Waals surface area contributed by atoms with Crippen molar-refractivity contribution in [3.05, 3.63) is 0 Å². The topological polar surface area (TPSA) is 47.6 Å². The van der Waals surface area contributed by atoms with Crippen LogP contribution in [0, 0.1) is 5.92 Å². The molecule has 2 fully saturated rings. The van der Waals surface area contributed by atoms with Crippen molar-refractivity contribution in [1.82, 2.24) is 5.32 Å². The minimum atomic E-state index is -0.397. The molecule has 0 amide bonds. The average Bonchev–Trinajstić information content (AvgIpc) is 2.40. The number of hydrogen-bond acceptors (Lipinski definition) is 4. The van der Waals surface area contributed by atoms with Crippen molar-refractivity contribution in [2.24, 2.45) is 5.92 Å². The summed E-state index contributed by atoms with van der Waals surface area (Å²) in [6.45, 7) is 4.22. The molecule has 2 rings (SSSR count). The summed E-state index contributed by atoms with van der Waals surface area (Å²) >= 11 is 0. The Morgan fingerprint density at radius 3 is 3.06 bits per heavy atom. The molecule has 1 aliphatic carbocycles. The van der Waals surface area contributed by atoms with E-state index in [1.54, 1.807) is 0 Å². The summed E-state index contributed by atoms with van der Waals surface area (Å²) in [5.41, 5.74) is 0. The third kappa shape index (κ3) is 3.68. The molecule has 98 valence electrons. The highest BCUT2D eigenvalue weighted by Gasteiger charge is 2.28. The van der Waals surface area contributed by atoms with Crippen molar-refractivity contribution in [3.8, 4) is 0 Å². The van der Waals surface area contributed by atoms with Crippen molar-refractivity contribution in [3.63, 3.8) is 0 Å². The van der Waals surface area contributed by atoms with Gasteiger partial charge in [-0.25, -0.2) is 4.79 Å². The number of nitrogens with one attached hydrogen (secondary N) is 1. The molecular formula is C13H23NO3. The Kier molecular flexibility index (Phi) is 4.80. The second-order valence-corrected chi connectivity index (χ2v) is 5.06. The van der Waals surface area contributed by atoms with Crippen LogP contribution in [-0.2, 0) is 14.3 Å². The zero-order valence-electron chi connectivity index (χ0n) is 10.6. The molecule has 4 heteroatoms. The first-order valence-corrected chi connectivity index (χ1v) is 6.82. The van der Waals surface area contributed by atoms with E-state index in [0.29, 0.717) is 13.2 Å². The van der Waals surface area contributed by atoms with E-state index < -0.39 is 6.10 Å². The highest BCUT2D eigenvalue weighted by atomic mass is 16.6. The fourth-order valence-corrected chi connectivity index (χ4v) is 2.68. The summed E-state index contributed by atoms with van der Waals surface area (Å²) in [7, 11) is 0. The molecule has 1 heterocycles. The Morgan fingerprint density at radius 1 is 1.47 bits per heavy atom. The molecule has 1 saturated heterocycles. The van der Waals surface area contributed by atoms with Gasteiger partial charge in [-0.2, -0.15) is 0 Å². The van der Waals surface area contributed by atoms with Gasteiger partial charge in [0, 0.05) is 13.1 Å². The molecule has 3 atom stereocenters. The number of esters is 1. The lowest BCUT2D eigenvalue weighted by Gasteiger charge is -2.30. The summed E-state index contributed by atoms with van der Waals surface area (Å²) in [6.07, 6.45) is 5.42. The lowest BCUT2D eigenvalue weighted by Crippen LogP contribution is -2.45. The van der Waals surface area contributed by atoms with Gasteiger partial charge >= 0.3 is 5.97 Å². The van der Waals surface area contributed by atoms with Gasteiger partial charge in [0.05, 0.1) is 6.61 Å². The first kappa shape index (κ1) is 12.8. The first-order chi connectivity index (χ1) is 8.29. The predicted octanol–water partition coefficient (Wildman–Crippen LogP) is 1.49. The Bertz CT molecular complexity index is 251. The van der Waals surface area contributed by atoms with E-state index in [2.05, 4.69) is 12.2 Å². The van der Waals surface area contributed by atoms with Crippen LogP contribution in [0.4, 0.5) is 0 Å². The minimum Gasteiger partial charge on any atom is -0.460 e. The van der Waals surface area contributed by atoms with E-state index >= 15 is 0 Å². The SMILES string of the molecule is CCC1CCCC(OC(=O)C2CNCCO2)C1. The van der Waals surface area contributed by atoms with Gasteiger partial charge in [0.25, 0.3) is 0 Å². The average molecular weight is 241 g/mol. The maximum atomic E-state index is 11.9. The molecule has 1 aliphatic heterocycles. The monoisotopic (exact) mass is 241 g/mol. The Morgan fingerprint density at radius 2 is 2.35 bits per heavy atom. The second-order valence-electron chi connectivity index (χ2n) is 5.06. The molecule has 1 N–H and O–H groups in total. The quantitative estimate of drug-likeness (QED) is 0.760. The summed E-state index contributed by atoms with van der Waals surface area (Å²) in [4.78, 5) is 11.9. The van der Waals surface area contributed by atoms with Crippen LogP contribution in [0.1, 0.15) is 39.0 Å². The van der Waals surface area contributed by atoms with Gasteiger partial charge in [-0.3, -0.25) is 0 Å². The number of rotatable bonds is 3. The molecule has 3 unspecified atom stereocenters. The van der Waals surface area contributed by atoms with E-state index in [-0.39, 0.29) is 12.1 Å². The van der Waals surface area contributed by atoms with E-state index in [0.717, 1.165) is 25.3 Å². The Hall–Kier alpha value is -0.610. The molecule has 0 aromatic rings. The fraction of sp³-hybridized carbons (Fsp3) is 0.923. The zero-order valence-corrected chi connectivity index (χ0v) is 10.6. The van der Waals surface area contributed by atoms with Gasteiger partial charge in [-0.05, 0) is 25.2 Å². The largest absolute Gasteiger partial charge is 0.460 e. The van der Waals surface area contributed by atoms with Crippen LogP contribution in [0.15, 0.2) is 0 Å². The van der Waals surface area contributed by atoms with Gasteiger partial charge in [0.1, 0.15) is 6.10 Å². The number of morpholine rings is 1. The summed E-state index contributed by atoms with van der Waals surface area (Å²) < 4.78 is 11.0. The smallest absolute Gasteiger partial charge is 0.336 e. The molecule has 0 aromatic heterocycles. The lowest BCUT2D eigenvalue weighted by atomic mass is 9.85. The molecule has 17 heavy (non-hydrogen) atoms. The predicted molar refractivity (Wildman–Crippen MR) is 64.7 cm³/mol. The van der Waals surface area contributed by atoms with Crippen molar-refractivity contribution in [1.29, 1.82) is 0 Å². The molecule has 0 spiro atoms. The van der Waals surface area contributed by atoms with Crippen LogP contribution in [0.3, 0.4) is 0 Å². The van der Waals surface area contributed by atoms with Crippen LogP contribution in [-0.4, -0.2) is 37.9 Å². The lowest BCUT2D eigenvalue weighted by molar-refractivity contribution is -0.166. The number of carbonyl (C=O) groups is 1. The summed E-state index contributed by atoms with van der Waals surface area (Å²) in [6, 6.07) is 0. The van der Waals surface area contributed by atoms with Crippen LogP contribution in [0.25, 0.3) is 0 Å². The molecule has 1 saturated carbocycles.